The lowest BCUT2D eigenvalue weighted by molar-refractivity contribution is 0.0944. The number of pyridine rings is 1. The zero-order chi connectivity index (χ0) is 18.8. The topological polar surface area (TPSA) is 71.1 Å². The summed E-state index contributed by atoms with van der Waals surface area (Å²) < 4.78 is 0. The van der Waals surface area contributed by atoms with Gasteiger partial charge in [-0.1, -0.05) is 49.6 Å². The lowest BCUT2D eigenvalue weighted by Crippen LogP contribution is -2.29. The molecule has 2 aromatic rings. The fraction of sp³-hybridized carbons (Fsp3) is 0.350. The van der Waals surface area contributed by atoms with Crippen LogP contribution in [-0.4, -0.2) is 29.9 Å². The molecule has 26 heavy (non-hydrogen) atoms. The maximum atomic E-state index is 12.2. The summed E-state index contributed by atoms with van der Waals surface area (Å²) in [6, 6.07) is 12.4. The van der Waals surface area contributed by atoms with Crippen LogP contribution in [0.3, 0.4) is 0 Å². The van der Waals surface area contributed by atoms with E-state index in [4.69, 9.17) is 11.6 Å². The number of hydrogen-bond donors (Lipinski definition) is 2. The highest BCUT2D eigenvalue weighted by Crippen LogP contribution is 2.10. The van der Waals surface area contributed by atoms with Crippen LogP contribution in [0.2, 0.25) is 5.02 Å². The van der Waals surface area contributed by atoms with Gasteiger partial charge in [0.15, 0.2) is 0 Å². The molecule has 0 spiro atoms. The third-order valence-electron chi connectivity index (χ3n) is 3.87. The molecule has 2 amide bonds. The van der Waals surface area contributed by atoms with Crippen molar-refractivity contribution in [3.8, 4) is 0 Å². The summed E-state index contributed by atoms with van der Waals surface area (Å²) in [5.74, 6) is -0.553. The van der Waals surface area contributed by atoms with Gasteiger partial charge in [0.2, 0.25) is 0 Å². The van der Waals surface area contributed by atoms with Crippen molar-refractivity contribution in [2.75, 3.05) is 13.1 Å². The summed E-state index contributed by atoms with van der Waals surface area (Å²) in [4.78, 5) is 28.5. The monoisotopic (exact) mass is 373 g/mol. The van der Waals surface area contributed by atoms with Crippen LogP contribution in [0.1, 0.15) is 52.7 Å². The van der Waals surface area contributed by atoms with Crippen LogP contribution in [0.15, 0.2) is 42.5 Å². The molecule has 1 aromatic heterocycles. The first-order valence-electron chi connectivity index (χ1n) is 8.88. The van der Waals surface area contributed by atoms with E-state index in [-0.39, 0.29) is 23.2 Å². The molecule has 6 heteroatoms. The van der Waals surface area contributed by atoms with E-state index in [1.165, 1.54) is 0 Å². The Balaban J connectivity index is 1.85. The third-order valence-corrected chi connectivity index (χ3v) is 4.10. The van der Waals surface area contributed by atoms with Gasteiger partial charge in [0.25, 0.3) is 11.8 Å². The molecule has 0 aliphatic rings. The molecular weight excluding hydrogens is 350 g/mol. The van der Waals surface area contributed by atoms with Crippen molar-refractivity contribution in [2.45, 2.75) is 32.6 Å². The van der Waals surface area contributed by atoms with Crippen LogP contribution >= 0.6 is 11.6 Å². The molecule has 1 aromatic carbocycles. The van der Waals surface area contributed by atoms with E-state index in [1.54, 1.807) is 18.2 Å². The standard InChI is InChI=1S/C20H24ClN3O2/c1-2-3-4-12-22-19(25)17-9-6-10-18(24-17)20(26)23-13-11-15-7-5-8-16(21)14-15/h5-10,14H,2-4,11-13H2,1H3,(H,22,25)(H,23,26). The van der Waals surface area contributed by atoms with E-state index in [9.17, 15) is 9.59 Å². The Morgan fingerprint density at radius 2 is 1.62 bits per heavy atom. The summed E-state index contributed by atoms with van der Waals surface area (Å²) in [5, 5.41) is 6.32. The van der Waals surface area contributed by atoms with Gasteiger partial charge in [0.1, 0.15) is 11.4 Å². The fourth-order valence-corrected chi connectivity index (χ4v) is 2.67. The molecule has 2 N–H and O–H groups in total. The highest BCUT2D eigenvalue weighted by Gasteiger charge is 2.11. The zero-order valence-corrected chi connectivity index (χ0v) is 15.7. The molecule has 0 unspecified atom stereocenters. The first kappa shape index (κ1) is 19.9. The molecule has 0 fully saturated rings. The summed E-state index contributed by atoms with van der Waals surface area (Å²) >= 11 is 5.95. The summed E-state index contributed by atoms with van der Waals surface area (Å²) in [7, 11) is 0. The van der Waals surface area contributed by atoms with Crippen molar-refractivity contribution in [1.29, 1.82) is 0 Å². The zero-order valence-electron chi connectivity index (χ0n) is 14.9. The number of carbonyl (C=O) groups is 2. The number of hydrogen-bond acceptors (Lipinski definition) is 3. The van der Waals surface area contributed by atoms with Gasteiger partial charge in [-0.15, -0.1) is 0 Å². The van der Waals surface area contributed by atoms with Crippen LogP contribution in [-0.2, 0) is 6.42 Å². The van der Waals surface area contributed by atoms with E-state index in [0.717, 1.165) is 24.8 Å². The number of aromatic nitrogens is 1. The lowest BCUT2D eigenvalue weighted by atomic mass is 10.1. The lowest BCUT2D eigenvalue weighted by Gasteiger charge is -2.07. The first-order valence-corrected chi connectivity index (χ1v) is 9.26. The minimum absolute atomic E-state index is 0.234. The van der Waals surface area contributed by atoms with Crippen LogP contribution in [0.4, 0.5) is 0 Å². The quantitative estimate of drug-likeness (QED) is 0.659. The van der Waals surface area contributed by atoms with Crippen molar-refractivity contribution < 1.29 is 9.59 Å². The van der Waals surface area contributed by atoms with Crippen LogP contribution in [0.25, 0.3) is 0 Å². The largest absolute Gasteiger partial charge is 0.351 e. The predicted molar refractivity (Wildman–Crippen MR) is 104 cm³/mol. The number of benzene rings is 1. The van der Waals surface area contributed by atoms with Gasteiger partial charge < -0.3 is 10.6 Å². The molecule has 0 saturated carbocycles. The van der Waals surface area contributed by atoms with E-state index < -0.39 is 0 Å². The Morgan fingerprint density at radius 1 is 0.962 bits per heavy atom. The van der Waals surface area contributed by atoms with Crippen LogP contribution < -0.4 is 10.6 Å². The normalized spacial score (nSPS) is 10.4. The molecule has 138 valence electrons. The van der Waals surface area contributed by atoms with Gasteiger partial charge in [0, 0.05) is 18.1 Å². The molecule has 0 aliphatic carbocycles. The Morgan fingerprint density at radius 3 is 2.27 bits per heavy atom. The summed E-state index contributed by atoms with van der Waals surface area (Å²) in [5.41, 5.74) is 1.53. The SMILES string of the molecule is CCCCCNC(=O)c1cccc(C(=O)NCCc2cccc(Cl)c2)n1. The number of nitrogens with zero attached hydrogens (tertiary/aromatic N) is 1. The van der Waals surface area contributed by atoms with Gasteiger partial charge in [-0.25, -0.2) is 4.98 Å². The summed E-state index contributed by atoms with van der Waals surface area (Å²) in [6.45, 7) is 3.19. The number of carbonyl (C=O) groups excluding carboxylic acids is 2. The molecular formula is C20H24ClN3O2. The molecule has 5 nitrogen and oxygen atoms in total. The Kier molecular flexibility index (Phi) is 8.09. The van der Waals surface area contributed by atoms with Gasteiger partial charge in [-0.05, 0) is 42.7 Å². The van der Waals surface area contributed by atoms with Gasteiger partial charge in [-0.3, -0.25) is 9.59 Å². The molecule has 0 saturated heterocycles. The average Bonchev–Trinajstić information content (AvgIpc) is 2.65. The van der Waals surface area contributed by atoms with E-state index in [0.29, 0.717) is 24.5 Å². The molecule has 0 aliphatic heterocycles. The maximum Gasteiger partial charge on any atom is 0.269 e. The Hall–Kier alpha value is -2.40. The smallest absolute Gasteiger partial charge is 0.269 e. The van der Waals surface area contributed by atoms with Crippen molar-refractivity contribution in [3.05, 3.63) is 64.4 Å². The van der Waals surface area contributed by atoms with Crippen molar-refractivity contribution >= 4 is 23.4 Å². The van der Waals surface area contributed by atoms with Gasteiger partial charge in [-0.2, -0.15) is 0 Å². The second kappa shape index (κ2) is 10.6. The van der Waals surface area contributed by atoms with Crippen molar-refractivity contribution in [3.63, 3.8) is 0 Å². The highest BCUT2D eigenvalue weighted by molar-refractivity contribution is 6.30. The average molecular weight is 374 g/mol. The Bertz CT molecular complexity index is 749. The van der Waals surface area contributed by atoms with Crippen molar-refractivity contribution in [1.82, 2.24) is 15.6 Å². The molecule has 1 heterocycles. The van der Waals surface area contributed by atoms with Gasteiger partial charge >= 0.3 is 0 Å². The second-order valence-electron chi connectivity index (χ2n) is 6.01. The number of halogens is 1. The Labute approximate surface area is 159 Å². The van der Waals surface area contributed by atoms with Crippen LogP contribution in [0, 0.1) is 0 Å². The van der Waals surface area contributed by atoms with E-state index in [1.807, 2.05) is 24.3 Å². The number of nitrogens with one attached hydrogen (secondary N) is 2. The molecule has 0 radical (unpaired) electrons. The predicted octanol–water partition coefficient (Wildman–Crippen LogP) is 3.63. The maximum absolute atomic E-state index is 12.2. The number of unbranched alkanes of at least 4 members (excludes halogenated alkanes) is 2. The highest BCUT2D eigenvalue weighted by atomic mass is 35.5. The van der Waals surface area contributed by atoms with Crippen LogP contribution in [0.5, 0.6) is 0 Å². The minimum atomic E-state index is -0.298. The number of amides is 2. The summed E-state index contributed by atoms with van der Waals surface area (Å²) in [6.07, 6.45) is 3.78. The molecule has 2 rings (SSSR count). The molecule has 0 bridgehead atoms. The second-order valence-corrected chi connectivity index (χ2v) is 6.44. The third kappa shape index (κ3) is 6.48. The fourth-order valence-electron chi connectivity index (χ4n) is 2.46. The number of rotatable bonds is 9. The minimum Gasteiger partial charge on any atom is -0.351 e. The van der Waals surface area contributed by atoms with Crippen molar-refractivity contribution in [2.24, 2.45) is 0 Å². The first-order chi connectivity index (χ1) is 12.6. The van der Waals surface area contributed by atoms with E-state index >= 15 is 0 Å². The van der Waals surface area contributed by atoms with E-state index in [2.05, 4.69) is 22.5 Å². The molecule has 0 atom stereocenters. The van der Waals surface area contributed by atoms with Gasteiger partial charge in [0.05, 0.1) is 0 Å².